The first-order valence-corrected chi connectivity index (χ1v) is 10.7. The first kappa shape index (κ1) is 20.6. The fourth-order valence-electron chi connectivity index (χ4n) is 3.59. The molecule has 0 saturated carbocycles. The monoisotopic (exact) mass is 396 g/mol. The van der Waals surface area contributed by atoms with Crippen molar-refractivity contribution in [1.29, 1.82) is 0 Å². The molecule has 0 radical (unpaired) electrons. The summed E-state index contributed by atoms with van der Waals surface area (Å²) >= 11 is 1.66. The third-order valence-electron chi connectivity index (χ3n) is 5.10. The smallest absolute Gasteiger partial charge is 0.238 e. The summed E-state index contributed by atoms with van der Waals surface area (Å²) in [5, 5.41) is 13.6. The number of nitrogens with zero attached hydrogens (tertiary/aromatic N) is 1. The van der Waals surface area contributed by atoms with Gasteiger partial charge in [0, 0.05) is 10.6 Å². The second-order valence-electron chi connectivity index (χ2n) is 7.11. The predicted molar refractivity (Wildman–Crippen MR) is 117 cm³/mol. The van der Waals surface area contributed by atoms with E-state index in [1.807, 2.05) is 60.7 Å². The topological polar surface area (TPSA) is 52.6 Å². The van der Waals surface area contributed by atoms with Crippen LogP contribution >= 0.6 is 11.8 Å². The molecule has 1 atom stereocenters. The number of carbonyl (C=O) groups excluding carboxylic acids is 1. The molecule has 1 fully saturated rings. The number of carbonyl (C=O) groups is 1. The lowest BCUT2D eigenvalue weighted by Gasteiger charge is -2.34. The number of aliphatic hydroxyl groups excluding tert-OH is 1. The van der Waals surface area contributed by atoms with Crippen molar-refractivity contribution in [1.82, 2.24) is 4.90 Å². The first-order valence-electron chi connectivity index (χ1n) is 9.75. The van der Waals surface area contributed by atoms with Crippen LogP contribution < -0.4 is 5.32 Å². The van der Waals surface area contributed by atoms with Gasteiger partial charge in [0.2, 0.25) is 5.91 Å². The molecule has 1 amide bonds. The Labute approximate surface area is 171 Å². The Morgan fingerprint density at radius 3 is 2.57 bits per heavy atom. The number of hydrogen-bond acceptors (Lipinski definition) is 4. The van der Waals surface area contributed by atoms with E-state index >= 15 is 0 Å². The number of benzene rings is 2. The Bertz CT molecular complexity index is 773. The summed E-state index contributed by atoms with van der Waals surface area (Å²) in [7, 11) is 0. The van der Waals surface area contributed by atoms with Crippen molar-refractivity contribution >= 4 is 23.4 Å². The maximum atomic E-state index is 12.5. The van der Waals surface area contributed by atoms with Gasteiger partial charge in [-0.2, -0.15) is 0 Å². The van der Waals surface area contributed by atoms with Gasteiger partial charge in [0.15, 0.2) is 0 Å². The van der Waals surface area contributed by atoms with E-state index in [1.54, 1.807) is 11.8 Å². The fourth-order valence-corrected chi connectivity index (χ4v) is 4.33. The molecule has 148 valence electrons. The average Bonchev–Trinajstić information content (AvgIpc) is 2.74. The van der Waals surface area contributed by atoms with Crippen molar-refractivity contribution in [3.05, 3.63) is 72.8 Å². The Hall–Kier alpha value is -2.08. The van der Waals surface area contributed by atoms with Crippen LogP contribution in [0.1, 0.15) is 24.5 Å². The van der Waals surface area contributed by atoms with Gasteiger partial charge < -0.3 is 10.4 Å². The third-order valence-corrected chi connectivity index (χ3v) is 6.17. The molecule has 4 nitrogen and oxygen atoms in total. The molecule has 2 aromatic rings. The van der Waals surface area contributed by atoms with E-state index in [9.17, 15) is 9.90 Å². The summed E-state index contributed by atoms with van der Waals surface area (Å²) in [6.45, 7) is 5.79. The number of piperidine rings is 1. The Morgan fingerprint density at radius 2 is 1.86 bits per heavy atom. The Balaban J connectivity index is 1.48. The van der Waals surface area contributed by atoms with Crippen molar-refractivity contribution < 1.29 is 9.90 Å². The molecule has 0 unspecified atom stereocenters. The van der Waals surface area contributed by atoms with Gasteiger partial charge in [0.1, 0.15) is 0 Å². The summed E-state index contributed by atoms with van der Waals surface area (Å²) < 4.78 is 0. The molecule has 3 rings (SSSR count). The molecule has 1 aliphatic heterocycles. The lowest BCUT2D eigenvalue weighted by atomic mass is 9.87. The highest BCUT2D eigenvalue weighted by atomic mass is 32.2. The van der Waals surface area contributed by atoms with Crippen molar-refractivity contribution in [2.45, 2.75) is 23.8 Å². The van der Waals surface area contributed by atoms with Gasteiger partial charge in [-0.05, 0) is 49.5 Å². The van der Waals surface area contributed by atoms with E-state index in [1.165, 1.54) is 0 Å². The fraction of sp³-hybridized carbons (Fsp3) is 0.348. The Kier molecular flexibility index (Phi) is 7.71. The second-order valence-corrected chi connectivity index (χ2v) is 8.17. The minimum absolute atomic E-state index is 0.00807. The maximum Gasteiger partial charge on any atom is 0.238 e. The molecule has 0 aliphatic carbocycles. The van der Waals surface area contributed by atoms with Crippen LogP contribution in [0.4, 0.5) is 5.69 Å². The molecular formula is C23H28N2O2S. The van der Waals surface area contributed by atoms with E-state index < -0.39 is 6.10 Å². The van der Waals surface area contributed by atoms with Gasteiger partial charge in [-0.15, -0.1) is 18.3 Å². The molecule has 0 aromatic heterocycles. The molecule has 2 N–H and O–H groups in total. The first-order chi connectivity index (χ1) is 13.7. The molecule has 5 heteroatoms. The van der Waals surface area contributed by atoms with Crippen LogP contribution in [0.3, 0.4) is 0 Å². The van der Waals surface area contributed by atoms with Crippen LogP contribution in [0.5, 0.6) is 0 Å². The van der Waals surface area contributed by atoms with Gasteiger partial charge >= 0.3 is 0 Å². The number of nitrogens with one attached hydrogen (secondary N) is 1. The lowest BCUT2D eigenvalue weighted by Crippen LogP contribution is -2.40. The number of amides is 1. The number of hydrogen-bond donors (Lipinski definition) is 2. The zero-order chi connectivity index (χ0) is 19.8. The number of aliphatic hydroxyl groups is 1. The van der Waals surface area contributed by atoms with E-state index in [4.69, 9.17) is 0 Å². The minimum Gasteiger partial charge on any atom is -0.388 e. The van der Waals surface area contributed by atoms with E-state index in [0.717, 1.165) is 47.8 Å². The van der Waals surface area contributed by atoms with Crippen molar-refractivity contribution in [2.75, 3.05) is 30.7 Å². The van der Waals surface area contributed by atoms with Crippen molar-refractivity contribution in [3.63, 3.8) is 0 Å². The molecule has 0 bridgehead atoms. The van der Waals surface area contributed by atoms with Crippen LogP contribution in [0.25, 0.3) is 0 Å². The highest BCUT2D eigenvalue weighted by molar-refractivity contribution is 7.99. The van der Waals surface area contributed by atoms with Gasteiger partial charge in [-0.1, -0.05) is 48.5 Å². The van der Waals surface area contributed by atoms with Gasteiger partial charge in [0.25, 0.3) is 0 Å². The summed E-state index contributed by atoms with van der Waals surface area (Å²) in [4.78, 5) is 15.7. The number of thioether (sulfide) groups is 1. The van der Waals surface area contributed by atoms with Crippen LogP contribution in [-0.2, 0) is 4.79 Å². The molecule has 1 heterocycles. The average molecular weight is 397 g/mol. The summed E-state index contributed by atoms with van der Waals surface area (Å²) in [5.41, 5.74) is 1.83. The van der Waals surface area contributed by atoms with Crippen LogP contribution in [0.2, 0.25) is 0 Å². The summed E-state index contributed by atoms with van der Waals surface area (Å²) in [5.74, 6) is 1.07. The number of anilines is 1. The lowest BCUT2D eigenvalue weighted by molar-refractivity contribution is -0.117. The van der Waals surface area contributed by atoms with E-state index in [2.05, 4.69) is 16.8 Å². The SMILES string of the molecule is C=CCSc1ccccc1NC(=O)CN1CCC([C@@H](O)c2ccccc2)CC1. The zero-order valence-electron chi connectivity index (χ0n) is 16.1. The maximum absolute atomic E-state index is 12.5. The number of para-hydroxylation sites is 1. The standard InChI is InChI=1S/C23H28N2O2S/c1-2-16-28-21-11-7-6-10-20(21)24-22(26)17-25-14-12-19(13-15-25)23(27)18-8-4-3-5-9-18/h2-11,19,23,27H,1,12-17H2,(H,24,26)/t23-/m0/s1. The van der Waals surface area contributed by atoms with E-state index in [-0.39, 0.29) is 11.8 Å². The molecule has 1 saturated heterocycles. The van der Waals surface area contributed by atoms with Crippen LogP contribution in [0.15, 0.2) is 72.1 Å². The highest BCUT2D eigenvalue weighted by Gasteiger charge is 2.27. The van der Waals surface area contributed by atoms with Crippen molar-refractivity contribution in [2.24, 2.45) is 5.92 Å². The van der Waals surface area contributed by atoms with Gasteiger partial charge in [-0.3, -0.25) is 9.69 Å². The summed E-state index contributed by atoms with van der Waals surface area (Å²) in [6.07, 6.45) is 3.23. The van der Waals surface area contributed by atoms with Crippen LogP contribution in [-0.4, -0.2) is 41.3 Å². The van der Waals surface area contributed by atoms with Gasteiger partial charge in [0.05, 0.1) is 18.3 Å². The normalized spacial score (nSPS) is 16.5. The third kappa shape index (κ3) is 5.71. The molecular weight excluding hydrogens is 368 g/mol. The largest absolute Gasteiger partial charge is 0.388 e. The minimum atomic E-state index is -0.425. The zero-order valence-corrected chi connectivity index (χ0v) is 16.9. The predicted octanol–water partition coefficient (Wildman–Crippen LogP) is 4.35. The van der Waals surface area contributed by atoms with E-state index in [0.29, 0.717) is 6.54 Å². The molecule has 0 spiro atoms. The number of rotatable bonds is 8. The quantitative estimate of drug-likeness (QED) is 0.515. The van der Waals surface area contributed by atoms with Gasteiger partial charge in [-0.25, -0.2) is 0 Å². The molecule has 1 aliphatic rings. The highest BCUT2D eigenvalue weighted by Crippen LogP contribution is 2.31. The van der Waals surface area contributed by atoms with Crippen LogP contribution in [0, 0.1) is 5.92 Å². The van der Waals surface area contributed by atoms with Crippen molar-refractivity contribution in [3.8, 4) is 0 Å². The molecule has 28 heavy (non-hydrogen) atoms. The summed E-state index contributed by atoms with van der Waals surface area (Å²) in [6, 6.07) is 17.7. The Morgan fingerprint density at radius 1 is 1.18 bits per heavy atom. The molecule has 2 aromatic carbocycles. The second kappa shape index (κ2) is 10.5. The number of likely N-dealkylation sites (tertiary alicyclic amines) is 1.